The van der Waals surface area contributed by atoms with Crippen LogP contribution in [0.15, 0.2) is 30.3 Å². The smallest absolute Gasteiger partial charge is 0.429 e. The van der Waals surface area contributed by atoms with Crippen molar-refractivity contribution < 1.29 is 27.6 Å². The quantitative estimate of drug-likeness (QED) is 0.637. The Bertz CT molecular complexity index is 407. The first-order valence-electron chi connectivity index (χ1n) is 5.39. The molecule has 2 N–H and O–H groups in total. The summed E-state index contributed by atoms with van der Waals surface area (Å²) in [5.74, 6) is 0.262. The molecular weight excluding hydrogens is 260 g/mol. The first kappa shape index (κ1) is 13.2. The van der Waals surface area contributed by atoms with E-state index in [-0.39, 0.29) is 12.4 Å². The van der Waals surface area contributed by atoms with Gasteiger partial charge in [0, 0.05) is 6.42 Å². The Morgan fingerprint density at radius 3 is 2.72 bits per heavy atom. The summed E-state index contributed by atoms with van der Waals surface area (Å²) < 4.78 is 33.3. The van der Waals surface area contributed by atoms with E-state index < -0.39 is 23.1 Å². The number of hydrogen-bond donors (Lipinski definition) is 2. The van der Waals surface area contributed by atoms with Gasteiger partial charge in [0.2, 0.25) is 0 Å². The maximum atomic E-state index is 11.5. The van der Waals surface area contributed by atoms with Crippen LogP contribution in [-0.2, 0) is 8.92 Å². The van der Waals surface area contributed by atoms with Gasteiger partial charge in [-0.25, -0.2) is 4.79 Å². The molecule has 7 heteroatoms. The number of hydrogen-bond acceptors (Lipinski definition) is 6. The zero-order chi connectivity index (χ0) is 13.0. The number of ether oxygens (including phenoxy) is 2. The van der Waals surface area contributed by atoms with Crippen molar-refractivity contribution in [1.29, 1.82) is 0 Å². The van der Waals surface area contributed by atoms with Gasteiger partial charge in [0.25, 0.3) is 0 Å². The number of rotatable bonds is 2. The predicted octanol–water partition coefficient (Wildman–Crippen LogP) is 2.66. The molecule has 0 amide bonds. The van der Waals surface area contributed by atoms with Gasteiger partial charge in [-0.05, 0) is 12.1 Å². The lowest BCUT2D eigenvalue weighted by Gasteiger charge is -2.34. The second kappa shape index (κ2) is 5.57. The minimum atomic E-state index is -3.08. The van der Waals surface area contributed by atoms with Crippen LogP contribution in [0.25, 0.3) is 0 Å². The van der Waals surface area contributed by atoms with Gasteiger partial charge in [0.15, 0.2) is 0 Å². The average molecular weight is 274 g/mol. The molecule has 0 saturated carbocycles. The number of benzene rings is 1. The second-order valence-corrected chi connectivity index (χ2v) is 5.57. The first-order chi connectivity index (χ1) is 8.55. The van der Waals surface area contributed by atoms with Crippen LogP contribution in [0.1, 0.15) is 6.42 Å². The molecule has 2 rings (SSSR count). The van der Waals surface area contributed by atoms with Crippen LogP contribution in [0.5, 0.6) is 5.75 Å². The molecular formula is C11H14O6S. The lowest BCUT2D eigenvalue weighted by atomic mass is 10.3. The molecule has 1 aromatic carbocycles. The summed E-state index contributed by atoms with van der Waals surface area (Å²) in [5.41, 5.74) is 0. The van der Waals surface area contributed by atoms with Crippen LogP contribution in [0, 0.1) is 0 Å². The molecule has 18 heavy (non-hydrogen) atoms. The highest BCUT2D eigenvalue weighted by Gasteiger charge is 2.32. The van der Waals surface area contributed by atoms with Gasteiger partial charge >= 0.3 is 6.16 Å². The molecule has 0 bridgehead atoms. The first-order valence-corrected chi connectivity index (χ1v) is 7.03. The van der Waals surface area contributed by atoms with Crippen LogP contribution in [0.2, 0.25) is 0 Å². The minimum absolute atomic E-state index is 0.114. The molecule has 1 aliphatic rings. The zero-order valence-electron chi connectivity index (χ0n) is 9.52. The maximum Gasteiger partial charge on any atom is 0.514 e. The number of carbonyl (C=O) groups excluding carboxylic acids is 1. The van der Waals surface area contributed by atoms with E-state index in [1.165, 1.54) is 0 Å². The molecule has 0 radical (unpaired) electrons. The summed E-state index contributed by atoms with van der Waals surface area (Å²) in [6.07, 6.45) is -1.04. The average Bonchev–Trinajstić information content (AvgIpc) is 2.28. The van der Waals surface area contributed by atoms with Crippen LogP contribution >= 0.6 is 10.9 Å². The molecule has 1 atom stereocenters. The second-order valence-electron chi connectivity index (χ2n) is 3.79. The Balaban J connectivity index is 1.84. The lowest BCUT2D eigenvalue weighted by molar-refractivity contribution is 0.0467. The Morgan fingerprint density at radius 2 is 2.06 bits per heavy atom. The number of para-hydroxylation sites is 1. The van der Waals surface area contributed by atoms with Gasteiger partial charge in [-0.3, -0.25) is 4.18 Å². The van der Waals surface area contributed by atoms with Gasteiger partial charge < -0.3 is 18.6 Å². The van der Waals surface area contributed by atoms with Gasteiger partial charge in [0.1, 0.15) is 11.9 Å². The molecule has 1 unspecified atom stereocenters. The molecule has 0 aliphatic carbocycles. The van der Waals surface area contributed by atoms with Crippen molar-refractivity contribution in [3.05, 3.63) is 30.3 Å². The molecule has 1 aliphatic heterocycles. The highest BCUT2D eigenvalue weighted by atomic mass is 32.3. The van der Waals surface area contributed by atoms with Crippen molar-refractivity contribution in [3.8, 4) is 5.75 Å². The molecule has 1 fully saturated rings. The van der Waals surface area contributed by atoms with E-state index in [1.807, 2.05) is 0 Å². The fourth-order valence-corrected chi connectivity index (χ4v) is 2.70. The summed E-state index contributed by atoms with van der Waals surface area (Å²) in [5, 5.41) is 0. The van der Waals surface area contributed by atoms with Gasteiger partial charge in [-0.15, -0.1) is 0 Å². The monoisotopic (exact) mass is 274 g/mol. The van der Waals surface area contributed by atoms with Crippen molar-refractivity contribution in [2.75, 3.05) is 12.4 Å². The van der Waals surface area contributed by atoms with E-state index in [9.17, 15) is 13.9 Å². The molecule has 0 spiro atoms. The fraction of sp³-hybridized carbons (Fsp3) is 0.364. The van der Waals surface area contributed by atoms with E-state index in [0.717, 1.165) is 0 Å². The third kappa shape index (κ3) is 3.88. The summed E-state index contributed by atoms with van der Waals surface area (Å²) >= 11 is 0. The Morgan fingerprint density at radius 1 is 1.33 bits per heavy atom. The van der Waals surface area contributed by atoms with E-state index in [4.69, 9.17) is 13.7 Å². The van der Waals surface area contributed by atoms with E-state index in [1.54, 1.807) is 30.3 Å². The highest BCUT2D eigenvalue weighted by molar-refractivity contribution is 8.20. The molecule has 1 aromatic rings. The number of carbonyl (C=O) groups is 1. The molecule has 1 heterocycles. The normalized spacial score (nSPS) is 24.0. The van der Waals surface area contributed by atoms with Crippen LogP contribution in [-0.4, -0.2) is 33.7 Å². The Hall–Kier alpha value is -1.28. The molecule has 100 valence electrons. The van der Waals surface area contributed by atoms with E-state index >= 15 is 0 Å². The summed E-state index contributed by atoms with van der Waals surface area (Å²) in [6.45, 7) is 0.144. The third-order valence-electron chi connectivity index (χ3n) is 2.32. The van der Waals surface area contributed by atoms with E-state index in [0.29, 0.717) is 12.2 Å². The van der Waals surface area contributed by atoms with Gasteiger partial charge in [0.05, 0.1) is 23.2 Å². The van der Waals surface area contributed by atoms with Crippen molar-refractivity contribution in [2.24, 2.45) is 0 Å². The lowest BCUT2D eigenvalue weighted by Crippen LogP contribution is -2.32. The topological polar surface area (TPSA) is 85.2 Å². The van der Waals surface area contributed by atoms with Crippen molar-refractivity contribution in [2.45, 2.75) is 12.5 Å². The van der Waals surface area contributed by atoms with Crippen molar-refractivity contribution in [3.63, 3.8) is 0 Å². The van der Waals surface area contributed by atoms with Gasteiger partial charge in [-0.1, -0.05) is 18.2 Å². The summed E-state index contributed by atoms with van der Waals surface area (Å²) in [6, 6.07) is 8.50. The highest BCUT2D eigenvalue weighted by Crippen LogP contribution is 2.44. The Kier molecular flexibility index (Phi) is 4.07. The largest absolute Gasteiger partial charge is 0.514 e. The molecule has 1 saturated heterocycles. The van der Waals surface area contributed by atoms with Crippen LogP contribution in [0.3, 0.4) is 0 Å². The minimum Gasteiger partial charge on any atom is -0.429 e. The van der Waals surface area contributed by atoms with Crippen LogP contribution in [0.4, 0.5) is 4.79 Å². The fourth-order valence-electron chi connectivity index (χ4n) is 1.52. The predicted molar refractivity (Wildman–Crippen MR) is 65.6 cm³/mol. The SMILES string of the molecule is O=C(Oc1ccccc1)OC1CCOS(O)(O)C1. The summed E-state index contributed by atoms with van der Waals surface area (Å²) in [7, 11) is -3.08. The standard InChI is InChI=1S/C11H14O6S/c12-11(16-9-4-2-1-3-5-9)17-10-6-7-15-18(13,14)8-10/h1-5,10,13-14H,6-8H2. The Labute approximate surface area is 106 Å². The summed E-state index contributed by atoms with van der Waals surface area (Å²) in [4.78, 5) is 11.5. The molecule has 0 aromatic heterocycles. The van der Waals surface area contributed by atoms with E-state index in [2.05, 4.69) is 0 Å². The van der Waals surface area contributed by atoms with Gasteiger partial charge in [-0.2, -0.15) is 0 Å². The van der Waals surface area contributed by atoms with Crippen molar-refractivity contribution in [1.82, 2.24) is 0 Å². The molecule has 6 nitrogen and oxygen atoms in total. The van der Waals surface area contributed by atoms with Crippen molar-refractivity contribution >= 4 is 17.0 Å². The zero-order valence-corrected chi connectivity index (χ0v) is 10.3. The third-order valence-corrected chi connectivity index (χ3v) is 3.67. The van der Waals surface area contributed by atoms with Crippen LogP contribution < -0.4 is 4.74 Å². The maximum absolute atomic E-state index is 11.5.